The van der Waals surface area contributed by atoms with E-state index < -0.39 is 0 Å². The van der Waals surface area contributed by atoms with E-state index in [2.05, 4.69) is 30.6 Å². The number of aliphatic hydroxyl groups excluding tert-OH is 1. The lowest BCUT2D eigenvalue weighted by Crippen LogP contribution is -2.24. The lowest BCUT2D eigenvalue weighted by molar-refractivity contribution is 0.272. The fraction of sp³-hybridized carbons (Fsp3) is 0.500. The van der Waals surface area contributed by atoms with Gasteiger partial charge in [-0.05, 0) is 37.0 Å². The Bertz CT molecular complexity index is 291. The molecule has 0 aliphatic heterocycles. The van der Waals surface area contributed by atoms with Gasteiger partial charge >= 0.3 is 0 Å². The van der Waals surface area contributed by atoms with Crippen molar-refractivity contribution in [3.8, 4) is 0 Å². The largest absolute Gasteiger partial charge is 0.394 e. The summed E-state index contributed by atoms with van der Waals surface area (Å²) in [5.41, 5.74) is 2.35. The third-order valence-electron chi connectivity index (χ3n) is 2.40. The van der Waals surface area contributed by atoms with Gasteiger partial charge in [0.2, 0.25) is 0 Å². The Morgan fingerprint density at radius 3 is 2.73 bits per heavy atom. The predicted molar refractivity (Wildman–Crippen MR) is 68.7 cm³/mol. The number of aryl methyl sites for hydroxylation is 1. The Hall–Kier alpha value is -0.670. The van der Waals surface area contributed by atoms with Gasteiger partial charge < -0.3 is 10.4 Å². The standard InChI is InChI=1S/C12H19NOS/c1-10-5-3-4-6-12(10)13-11(9-14)7-8-15-2/h3-6,11,13-14H,7-9H2,1-2H3. The van der Waals surface area contributed by atoms with Crippen molar-refractivity contribution in [1.29, 1.82) is 0 Å². The van der Waals surface area contributed by atoms with Crippen molar-refractivity contribution in [2.24, 2.45) is 0 Å². The molecule has 0 saturated carbocycles. The highest BCUT2D eigenvalue weighted by atomic mass is 32.2. The molecule has 2 N–H and O–H groups in total. The molecule has 84 valence electrons. The van der Waals surface area contributed by atoms with Gasteiger partial charge in [0.15, 0.2) is 0 Å². The summed E-state index contributed by atoms with van der Waals surface area (Å²) in [6, 6.07) is 8.33. The van der Waals surface area contributed by atoms with Crippen molar-refractivity contribution >= 4 is 17.4 Å². The molecule has 15 heavy (non-hydrogen) atoms. The van der Waals surface area contributed by atoms with Crippen LogP contribution in [0.15, 0.2) is 24.3 Å². The molecule has 2 nitrogen and oxygen atoms in total. The van der Waals surface area contributed by atoms with E-state index in [0.29, 0.717) is 0 Å². The van der Waals surface area contributed by atoms with Crippen molar-refractivity contribution in [2.75, 3.05) is 23.9 Å². The number of thioether (sulfide) groups is 1. The highest BCUT2D eigenvalue weighted by Crippen LogP contribution is 2.15. The fourth-order valence-corrected chi connectivity index (χ4v) is 1.94. The van der Waals surface area contributed by atoms with Crippen LogP contribution in [0, 0.1) is 6.92 Å². The Morgan fingerprint density at radius 1 is 1.40 bits per heavy atom. The number of benzene rings is 1. The lowest BCUT2D eigenvalue weighted by atomic mass is 10.1. The van der Waals surface area contributed by atoms with Crippen LogP contribution in [0.5, 0.6) is 0 Å². The smallest absolute Gasteiger partial charge is 0.0633 e. The molecule has 0 aliphatic carbocycles. The van der Waals surface area contributed by atoms with E-state index in [9.17, 15) is 5.11 Å². The Morgan fingerprint density at radius 2 is 2.13 bits per heavy atom. The molecule has 0 radical (unpaired) electrons. The average Bonchev–Trinajstić information content (AvgIpc) is 2.26. The van der Waals surface area contributed by atoms with Crippen LogP contribution in [0.1, 0.15) is 12.0 Å². The van der Waals surface area contributed by atoms with Gasteiger partial charge in [-0.3, -0.25) is 0 Å². The molecule has 0 amide bonds. The molecule has 1 rings (SSSR count). The van der Waals surface area contributed by atoms with Crippen LogP contribution < -0.4 is 5.32 Å². The molecule has 0 fully saturated rings. The minimum atomic E-state index is 0.165. The first-order valence-electron chi connectivity index (χ1n) is 5.20. The summed E-state index contributed by atoms with van der Waals surface area (Å²) in [6.07, 6.45) is 3.08. The number of anilines is 1. The second-order valence-corrected chi connectivity index (χ2v) is 4.61. The van der Waals surface area contributed by atoms with Crippen LogP contribution in [0.4, 0.5) is 5.69 Å². The maximum Gasteiger partial charge on any atom is 0.0633 e. The predicted octanol–water partition coefficient (Wildman–Crippen LogP) is 2.52. The summed E-state index contributed by atoms with van der Waals surface area (Å²) in [6.45, 7) is 2.26. The van der Waals surface area contributed by atoms with Crippen molar-refractivity contribution in [1.82, 2.24) is 0 Å². The first-order valence-corrected chi connectivity index (χ1v) is 6.59. The number of aliphatic hydroxyl groups is 1. The van der Waals surface area contributed by atoms with Crippen LogP contribution in [-0.4, -0.2) is 29.8 Å². The Kier molecular flexibility index (Phi) is 5.58. The van der Waals surface area contributed by atoms with Gasteiger partial charge in [0.25, 0.3) is 0 Å². The SMILES string of the molecule is CSCCC(CO)Nc1ccccc1C. The van der Waals surface area contributed by atoms with Crippen molar-refractivity contribution in [3.05, 3.63) is 29.8 Å². The summed E-state index contributed by atoms with van der Waals surface area (Å²) >= 11 is 1.81. The number of hydrogen-bond acceptors (Lipinski definition) is 3. The lowest BCUT2D eigenvalue weighted by Gasteiger charge is -2.18. The van der Waals surface area contributed by atoms with Gasteiger partial charge in [-0.25, -0.2) is 0 Å². The molecule has 1 atom stereocenters. The van der Waals surface area contributed by atoms with Gasteiger partial charge in [-0.2, -0.15) is 11.8 Å². The van der Waals surface area contributed by atoms with Crippen LogP contribution in [0.2, 0.25) is 0 Å². The summed E-state index contributed by atoms with van der Waals surface area (Å²) in [4.78, 5) is 0. The molecule has 0 aromatic heterocycles. The number of rotatable bonds is 6. The molecule has 0 heterocycles. The van der Waals surface area contributed by atoms with E-state index in [-0.39, 0.29) is 12.6 Å². The van der Waals surface area contributed by atoms with Crippen molar-refractivity contribution in [3.63, 3.8) is 0 Å². The van der Waals surface area contributed by atoms with Crippen LogP contribution in [0.25, 0.3) is 0 Å². The van der Waals surface area contributed by atoms with Gasteiger partial charge in [0, 0.05) is 5.69 Å². The van der Waals surface area contributed by atoms with Gasteiger partial charge in [-0.1, -0.05) is 18.2 Å². The average molecular weight is 225 g/mol. The summed E-state index contributed by atoms with van der Waals surface area (Å²) < 4.78 is 0. The topological polar surface area (TPSA) is 32.3 Å². The summed E-state index contributed by atoms with van der Waals surface area (Å²) in [5, 5.41) is 12.6. The quantitative estimate of drug-likeness (QED) is 0.780. The highest BCUT2D eigenvalue weighted by Gasteiger charge is 2.07. The molecular formula is C12H19NOS. The van der Waals surface area contributed by atoms with E-state index >= 15 is 0 Å². The molecule has 1 unspecified atom stereocenters. The maximum absolute atomic E-state index is 9.23. The second-order valence-electron chi connectivity index (χ2n) is 3.62. The number of para-hydroxylation sites is 1. The van der Waals surface area contributed by atoms with Crippen LogP contribution in [-0.2, 0) is 0 Å². The Labute approximate surface area is 96.1 Å². The fourth-order valence-electron chi connectivity index (χ4n) is 1.42. The minimum absolute atomic E-state index is 0.165. The third kappa shape index (κ3) is 4.14. The zero-order valence-corrected chi connectivity index (χ0v) is 10.2. The van der Waals surface area contributed by atoms with Gasteiger partial charge in [-0.15, -0.1) is 0 Å². The first kappa shape index (κ1) is 12.4. The zero-order valence-electron chi connectivity index (χ0n) is 9.36. The molecule has 0 bridgehead atoms. The van der Waals surface area contributed by atoms with E-state index in [1.54, 1.807) is 0 Å². The van der Waals surface area contributed by atoms with Crippen molar-refractivity contribution in [2.45, 2.75) is 19.4 Å². The van der Waals surface area contributed by atoms with Crippen molar-refractivity contribution < 1.29 is 5.11 Å². The van der Waals surface area contributed by atoms with E-state index in [0.717, 1.165) is 17.9 Å². The number of nitrogens with one attached hydrogen (secondary N) is 1. The first-order chi connectivity index (χ1) is 7.27. The summed E-state index contributed by atoms with van der Waals surface area (Å²) in [7, 11) is 0. The van der Waals surface area contributed by atoms with Crippen LogP contribution in [0.3, 0.4) is 0 Å². The van der Waals surface area contributed by atoms with E-state index in [4.69, 9.17) is 0 Å². The normalized spacial score (nSPS) is 12.5. The molecule has 0 aliphatic rings. The van der Waals surface area contributed by atoms with E-state index in [1.165, 1.54) is 5.56 Å². The third-order valence-corrected chi connectivity index (χ3v) is 3.04. The molecule has 1 aromatic rings. The second kappa shape index (κ2) is 6.75. The highest BCUT2D eigenvalue weighted by molar-refractivity contribution is 7.98. The molecule has 0 spiro atoms. The van der Waals surface area contributed by atoms with Crippen LogP contribution >= 0.6 is 11.8 Å². The van der Waals surface area contributed by atoms with Gasteiger partial charge in [0.05, 0.1) is 12.6 Å². The molecular weight excluding hydrogens is 206 g/mol. The Balaban J connectivity index is 2.54. The number of hydrogen-bond donors (Lipinski definition) is 2. The van der Waals surface area contributed by atoms with E-state index in [1.807, 2.05) is 23.9 Å². The molecule has 1 aromatic carbocycles. The maximum atomic E-state index is 9.23. The zero-order chi connectivity index (χ0) is 11.1. The minimum Gasteiger partial charge on any atom is -0.394 e. The monoisotopic (exact) mass is 225 g/mol. The van der Waals surface area contributed by atoms with Gasteiger partial charge in [0.1, 0.15) is 0 Å². The summed E-state index contributed by atoms with van der Waals surface area (Å²) in [5.74, 6) is 1.07. The molecule has 0 saturated heterocycles. The molecule has 3 heteroatoms.